The summed E-state index contributed by atoms with van der Waals surface area (Å²) in [6.45, 7) is 2.09. The normalized spacial score (nSPS) is 12.6. The largest absolute Gasteiger partial charge is 0.481 e. The van der Waals surface area contributed by atoms with Crippen LogP contribution < -0.4 is 4.74 Å². The number of hydrogen-bond donors (Lipinski definition) is 2. The molecule has 8 heteroatoms. The van der Waals surface area contributed by atoms with E-state index in [2.05, 4.69) is 6.92 Å². The lowest BCUT2D eigenvalue weighted by atomic mass is 10.1. The van der Waals surface area contributed by atoms with Crippen molar-refractivity contribution in [2.24, 2.45) is 0 Å². The molecule has 0 aromatic heterocycles. The maximum absolute atomic E-state index is 12.0. The first-order valence-corrected chi connectivity index (χ1v) is 9.23. The van der Waals surface area contributed by atoms with Crippen molar-refractivity contribution < 1.29 is 32.4 Å². The molecule has 1 rings (SSSR count). The van der Waals surface area contributed by atoms with Gasteiger partial charge in [0, 0.05) is 0 Å². The summed E-state index contributed by atoms with van der Waals surface area (Å²) in [5.41, 5.74) is 0.728. The number of carbonyl (C=O) groups is 2. The summed E-state index contributed by atoms with van der Waals surface area (Å²) >= 11 is 0. The first-order valence-electron chi connectivity index (χ1n) is 7.73. The third-order valence-electron chi connectivity index (χ3n) is 3.47. The van der Waals surface area contributed by atoms with Gasteiger partial charge in [0.25, 0.3) is 10.1 Å². The van der Waals surface area contributed by atoms with Crippen molar-refractivity contribution in [1.82, 2.24) is 0 Å². The smallest absolute Gasteiger partial charge is 0.332 e. The SMILES string of the molecule is CCCCCCc1ccccc1OC(=O)C(CC(=O)O)S(=O)(=O)O. The van der Waals surface area contributed by atoms with Gasteiger partial charge in [-0.2, -0.15) is 8.42 Å². The summed E-state index contributed by atoms with van der Waals surface area (Å²) in [6.07, 6.45) is 3.67. The summed E-state index contributed by atoms with van der Waals surface area (Å²) < 4.78 is 36.5. The molecule has 2 N–H and O–H groups in total. The monoisotopic (exact) mass is 358 g/mol. The number of para-hydroxylation sites is 1. The van der Waals surface area contributed by atoms with Gasteiger partial charge in [-0.15, -0.1) is 0 Å². The number of carboxylic acid groups (broad SMARTS) is 1. The molecule has 134 valence electrons. The molecule has 1 aromatic rings. The third kappa shape index (κ3) is 6.67. The van der Waals surface area contributed by atoms with Crippen molar-refractivity contribution in [2.45, 2.75) is 50.7 Å². The molecule has 0 amide bonds. The van der Waals surface area contributed by atoms with E-state index >= 15 is 0 Å². The highest BCUT2D eigenvalue weighted by molar-refractivity contribution is 7.87. The molecular formula is C16H22O7S. The van der Waals surface area contributed by atoms with E-state index in [-0.39, 0.29) is 5.75 Å². The van der Waals surface area contributed by atoms with Crippen LogP contribution >= 0.6 is 0 Å². The predicted molar refractivity (Wildman–Crippen MR) is 87.5 cm³/mol. The number of carboxylic acids is 1. The maximum atomic E-state index is 12.0. The van der Waals surface area contributed by atoms with E-state index in [4.69, 9.17) is 14.4 Å². The van der Waals surface area contributed by atoms with Gasteiger partial charge in [-0.3, -0.25) is 14.1 Å². The van der Waals surface area contributed by atoms with Crippen LogP contribution in [-0.2, 0) is 26.1 Å². The van der Waals surface area contributed by atoms with Gasteiger partial charge in [0.05, 0.1) is 6.42 Å². The molecule has 0 aliphatic heterocycles. The number of carbonyl (C=O) groups excluding carboxylic acids is 1. The zero-order valence-corrected chi connectivity index (χ0v) is 14.3. The Morgan fingerprint density at radius 1 is 1.17 bits per heavy atom. The molecule has 0 radical (unpaired) electrons. The van der Waals surface area contributed by atoms with Gasteiger partial charge in [-0.25, -0.2) is 0 Å². The number of aryl methyl sites for hydroxylation is 1. The molecular weight excluding hydrogens is 336 g/mol. The molecule has 0 aliphatic carbocycles. The van der Waals surface area contributed by atoms with Gasteiger partial charge in [0.2, 0.25) is 0 Å². The minimum Gasteiger partial charge on any atom is -0.481 e. The average molecular weight is 358 g/mol. The van der Waals surface area contributed by atoms with Crippen LogP contribution in [-0.4, -0.2) is 35.3 Å². The van der Waals surface area contributed by atoms with E-state index in [1.54, 1.807) is 18.2 Å². The van der Waals surface area contributed by atoms with Crippen molar-refractivity contribution in [3.8, 4) is 5.75 Å². The summed E-state index contributed by atoms with van der Waals surface area (Å²) in [5, 5.41) is 6.55. The Hall–Kier alpha value is -1.93. The Kier molecular flexibility index (Phi) is 7.87. The van der Waals surface area contributed by atoms with E-state index in [9.17, 15) is 18.0 Å². The molecule has 0 spiro atoms. The second-order valence-corrected chi connectivity index (χ2v) is 7.04. The standard InChI is InChI=1S/C16H22O7S/c1-2-3-4-5-8-12-9-6-7-10-13(12)23-16(19)14(11-15(17)18)24(20,21)22/h6-7,9-10,14H,2-5,8,11H2,1H3,(H,17,18)(H,20,21,22). The van der Waals surface area contributed by atoms with Crippen molar-refractivity contribution in [3.63, 3.8) is 0 Å². The first-order chi connectivity index (χ1) is 11.3. The number of ether oxygens (including phenoxy) is 1. The van der Waals surface area contributed by atoms with Crippen LogP contribution in [0.1, 0.15) is 44.6 Å². The molecule has 0 heterocycles. The van der Waals surface area contributed by atoms with Crippen LogP contribution in [0.4, 0.5) is 0 Å². The van der Waals surface area contributed by atoms with E-state index < -0.39 is 33.7 Å². The van der Waals surface area contributed by atoms with Crippen molar-refractivity contribution in [2.75, 3.05) is 0 Å². The molecule has 0 bridgehead atoms. The zero-order valence-electron chi connectivity index (χ0n) is 13.5. The van der Waals surface area contributed by atoms with Crippen molar-refractivity contribution in [1.29, 1.82) is 0 Å². The number of aliphatic carboxylic acids is 1. The van der Waals surface area contributed by atoms with Crippen LogP contribution in [0, 0.1) is 0 Å². The van der Waals surface area contributed by atoms with E-state index in [0.29, 0.717) is 6.42 Å². The Bertz CT molecular complexity index is 667. The second-order valence-electron chi connectivity index (χ2n) is 5.44. The fraction of sp³-hybridized carbons (Fsp3) is 0.500. The van der Waals surface area contributed by atoms with Gasteiger partial charge in [0.1, 0.15) is 5.75 Å². The Labute approximate surface area is 141 Å². The van der Waals surface area contributed by atoms with Crippen LogP contribution in [0.5, 0.6) is 5.75 Å². The van der Waals surface area contributed by atoms with Gasteiger partial charge in [-0.1, -0.05) is 44.4 Å². The summed E-state index contributed by atoms with van der Waals surface area (Å²) in [4.78, 5) is 22.7. The molecule has 0 saturated heterocycles. The lowest BCUT2D eigenvalue weighted by Gasteiger charge is -2.14. The molecule has 0 aliphatic rings. The van der Waals surface area contributed by atoms with Gasteiger partial charge in [0.15, 0.2) is 5.25 Å². The highest BCUT2D eigenvalue weighted by atomic mass is 32.2. The van der Waals surface area contributed by atoms with Gasteiger partial charge >= 0.3 is 11.9 Å². The number of benzene rings is 1. The highest BCUT2D eigenvalue weighted by Crippen LogP contribution is 2.22. The molecule has 0 saturated carbocycles. The van der Waals surface area contributed by atoms with E-state index in [0.717, 1.165) is 31.2 Å². The summed E-state index contributed by atoms with van der Waals surface area (Å²) in [6, 6.07) is 6.66. The number of unbranched alkanes of at least 4 members (excludes halogenated alkanes) is 3. The van der Waals surface area contributed by atoms with Crippen molar-refractivity contribution in [3.05, 3.63) is 29.8 Å². The number of esters is 1. The van der Waals surface area contributed by atoms with E-state index in [1.165, 1.54) is 6.07 Å². The minimum absolute atomic E-state index is 0.179. The molecule has 1 atom stereocenters. The first kappa shape index (κ1) is 20.1. The number of rotatable bonds is 10. The number of hydrogen-bond acceptors (Lipinski definition) is 5. The molecule has 1 unspecified atom stereocenters. The Morgan fingerprint density at radius 2 is 1.83 bits per heavy atom. The lowest BCUT2D eigenvalue weighted by molar-refractivity contribution is -0.142. The fourth-order valence-electron chi connectivity index (χ4n) is 2.20. The second kappa shape index (κ2) is 9.39. The van der Waals surface area contributed by atoms with Crippen LogP contribution in [0.3, 0.4) is 0 Å². The minimum atomic E-state index is -4.87. The maximum Gasteiger partial charge on any atom is 0.332 e. The van der Waals surface area contributed by atoms with Crippen LogP contribution in [0.2, 0.25) is 0 Å². The highest BCUT2D eigenvalue weighted by Gasteiger charge is 2.35. The fourth-order valence-corrected chi connectivity index (χ4v) is 2.84. The van der Waals surface area contributed by atoms with Crippen LogP contribution in [0.15, 0.2) is 24.3 Å². The molecule has 7 nitrogen and oxygen atoms in total. The van der Waals surface area contributed by atoms with Gasteiger partial charge in [-0.05, 0) is 24.5 Å². The molecule has 24 heavy (non-hydrogen) atoms. The third-order valence-corrected chi connectivity index (χ3v) is 4.54. The predicted octanol–water partition coefficient (Wildman–Crippen LogP) is 2.45. The quantitative estimate of drug-likeness (QED) is 0.285. The Morgan fingerprint density at radius 3 is 2.42 bits per heavy atom. The zero-order chi connectivity index (χ0) is 18.2. The lowest BCUT2D eigenvalue weighted by Crippen LogP contribution is -2.35. The van der Waals surface area contributed by atoms with Gasteiger partial charge < -0.3 is 9.84 Å². The Balaban J connectivity index is 2.86. The summed E-state index contributed by atoms with van der Waals surface area (Å²) in [5.74, 6) is -2.65. The van der Waals surface area contributed by atoms with Crippen LogP contribution in [0.25, 0.3) is 0 Å². The van der Waals surface area contributed by atoms with Crippen molar-refractivity contribution >= 4 is 22.1 Å². The molecule has 1 aromatic carbocycles. The average Bonchev–Trinajstić information content (AvgIpc) is 2.49. The van der Waals surface area contributed by atoms with E-state index in [1.807, 2.05) is 0 Å². The molecule has 0 fully saturated rings. The summed E-state index contributed by atoms with van der Waals surface area (Å²) in [7, 11) is -4.87. The topological polar surface area (TPSA) is 118 Å².